The molecular weight excluding hydrogens is 516 g/mol. The van der Waals surface area contributed by atoms with Crippen LogP contribution in [0.3, 0.4) is 0 Å². The Hall–Kier alpha value is -3.64. The quantitative estimate of drug-likeness (QED) is 0.476. The maximum Gasteiger partial charge on any atom is 0.332 e. The van der Waals surface area contributed by atoms with Gasteiger partial charge in [0, 0.05) is 65.7 Å². The van der Waals surface area contributed by atoms with Crippen molar-refractivity contribution in [2.24, 2.45) is 0 Å². The van der Waals surface area contributed by atoms with Crippen molar-refractivity contribution in [3.8, 4) is 11.8 Å². The van der Waals surface area contributed by atoms with Gasteiger partial charge in [0.2, 0.25) is 0 Å². The summed E-state index contributed by atoms with van der Waals surface area (Å²) in [5.74, 6) is 4.77. The molecule has 2 N–H and O–H groups in total. The number of aryl methyl sites for hydroxylation is 1. The monoisotopic (exact) mass is 544 g/mol. The molecule has 0 radical (unpaired) electrons. The summed E-state index contributed by atoms with van der Waals surface area (Å²) in [6.45, 7) is 3.56. The van der Waals surface area contributed by atoms with Gasteiger partial charge in [-0.1, -0.05) is 35.6 Å². The first-order chi connectivity index (χ1) is 18.9. The molecule has 1 aromatic heterocycles. The van der Waals surface area contributed by atoms with Gasteiger partial charge in [-0.05, 0) is 55.5 Å². The lowest BCUT2D eigenvalue weighted by molar-refractivity contribution is -0.142. The van der Waals surface area contributed by atoms with Crippen molar-refractivity contribution in [1.29, 1.82) is 0 Å². The van der Waals surface area contributed by atoms with E-state index in [-0.39, 0.29) is 18.6 Å². The third-order valence-corrected chi connectivity index (χ3v) is 8.22. The van der Waals surface area contributed by atoms with E-state index in [0.29, 0.717) is 27.4 Å². The van der Waals surface area contributed by atoms with Gasteiger partial charge >= 0.3 is 5.97 Å². The van der Waals surface area contributed by atoms with Crippen LogP contribution >= 0.6 is 11.6 Å². The Kier molecular flexibility index (Phi) is 6.90. The number of fused-ring (bicyclic) bond motifs is 2. The Morgan fingerprint density at radius 3 is 2.59 bits per heavy atom. The second-order valence-electron chi connectivity index (χ2n) is 10.5. The molecule has 1 fully saturated rings. The zero-order valence-corrected chi connectivity index (χ0v) is 22.2. The third kappa shape index (κ3) is 5.06. The van der Waals surface area contributed by atoms with Crippen LogP contribution in [0.4, 0.5) is 0 Å². The minimum atomic E-state index is -1.17. The highest BCUT2D eigenvalue weighted by Crippen LogP contribution is 2.37. The number of carbonyl (C=O) groups excluding carboxylic acids is 1. The number of halogens is 1. The van der Waals surface area contributed by atoms with Crippen LogP contribution in [-0.4, -0.2) is 60.6 Å². The molecule has 0 spiro atoms. The lowest BCUT2D eigenvalue weighted by atomic mass is 10.0. The van der Waals surface area contributed by atoms with Gasteiger partial charge in [0.15, 0.2) is 6.04 Å². The first kappa shape index (κ1) is 25.6. The van der Waals surface area contributed by atoms with Crippen LogP contribution in [0.1, 0.15) is 69.3 Å². The summed E-state index contributed by atoms with van der Waals surface area (Å²) in [6, 6.07) is 10.3. The van der Waals surface area contributed by atoms with Crippen LogP contribution in [0.5, 0.6) is 0 Å². The number of aliphatic hydroxyl groups is 1. The predicted molar refractivity (Wildman–Crippen MR) is 145 cm³/mol. The maximum atomic E-state index is 13.4. The number of benzene rings is 2. The average molecular weight is 545 g/mol. The number of hydrogen-bond donors (Lipinski definition) is 2. The first-order valence-corrected chi connectivity index (χ1v) is 13.7. The van der Waals surface area contributed by atoms with E-state index in [2.05, 4.69) is 33.9 Å². The van der Waals surface area contributed by atoms with Crippen LogP contribution in [0.15, 0.2) is 42.7 Å². The molecule has 0 aliphatic carbocycles. The number of imidazole rings is 1. The average Bonchev–Trinajstić information content (AvgIpc) is 3.62. The van der Waals surface area contributed by atoms with Gasteiger partial charge in [0.25, 0.3) is 5.91 Å². The molecule has 0 bridgehead atoms. The van der Waals surface area contributed by atoms with Crippen molar-refractivity contribution in [3.05, 3.63) is 87.0 Å². The van der Waals surface area contributed by atoms with Crippen LogP contribution in [0.25, 0.3) is 0 Å². The van der Waals surface area contributed by atoms with Crippen LogP contribution in [0, 0.1) is 11.8 Å². The van der Waals surface area contributed by atoms with Crippen molar-refractivity contribution >= 4 is 23.5 Å². The van der Waals surface area contributed by atoms with E-state index in [1.165, 1.54) is 10.5 Å². The lowest BCUT2D eigenvalue weighted by Crippen LogP contribution is -2.35. The zero-order valence-electron chi connectivity index (χ0n) is 21.4. The van der Waals surface area contributed by atoms with Gasteiger partial charge in [-0.3, -0.25) is 9.69 Å². The second kappa shape index (κ2) is 10.5. The molecule has 9 heteroatoms. The van der Waals surface area contributed by atoms with Crippen LogP contribution in [-0.2, 0) is 30.8 Å². The Morgan fingerprint density at radius 2 is 1.85 bits per heavy atom. The summed E-state index contributed by atoms with van der Waals surface area (Å²) < 4.78 is 1.96. The van der Waals surface area contributed by atoms with E-state index in [9.17, 15) is 19.8 Å². The Balaban J connectivity index is 1.19. The van der Waals surface area contributed by atoms with Crippen molar-refractivity contribution in [3.63, 3.8) is 0 Å². The summed E-state index contributed by atoms with van der Waals surface area (Å²) in [5.41, 5.74) is 4.94. The van der Waals surface area contributed by atoms with Gasteiger partial charge in [-0.2, -0.15) is 0 Å². The largest absolute Gasteiger partial charge is 0.479 e. The number of amides is 1. The summed E-state index contributed by atoms with van der Waals surface area (Å²) in [6.07, 6.45) is 4.79. The van der Waals surface area contributed by atoms with Crippen molar-refractivity contribution < 1.29 is 19.8 Å². The molecule has 0 saturated carbocycles. The van der Waals surface area contributed by atoms with Crippen LogP contribution < -0.4 is 0 Å². The molecule has 4 heterocycles. The summed E-state index contributed by atoms with van der Waals surface area (Å²) in [4.78, 5) is 33.8. The van der Waals surface area contributed by atoms with Gasteiger partial charge in [0.05, 0.1) is 18.1 Å². The number of nitrogens with zero attached hydrogens (tertiary/aromatic N) is 4. The van der Waals surface area contributed by atoms with E-state index in [1.807, 2.05) is 16.7 Å². The fourth-order valence-corrected chi connectivity index (χ4v) is 6.05. The predicted octanol–water partition coefficient (Wildman–Crippen LogP) is 3.62. The number of rotatable bonds is 5. The molecule has 3 aromatic rings. The Labute approximate surface area is 231 Å². The topological polar surface area (TPSA) is 98.9 Å². The van der Waals surface area contributed by atoms with Crippen LogP contribution in [0.2, 0.25) is 5.02 Å². The van der Waals surface area contributed by atoms with E-state index < -0.39 is 12.0 Å². The van der Waals surface area contributed by atoms with Crippen molar-refractivity contribution in [1.82, 2.24) is 19.4 Å². The third-order valence-electron chi connectivity index (χ3n) is 7.88. The highest BCUT2D eigenvalue weighted by atomic mass is 35.5. The fraction of sp³-hybridized carbons (Fsp3) is 0.367. The number of carbonyl (C=O) groups is 2. The smallest absolute Gasteiger partial charge is 0.332 e. The lowest BCUT2D eigenvalue weighted by Gasteiger charge is -2.29. The van der Waals surface area contributed by atoms with Crippen molar-refractivity contribution in [2.75, 3.05) is 13.1 Å². The number of aromatic nitrogens is 2. The number of carboxylic acid groups (broad SMARTS) is 1. The molecule has 8 nitrogen and oxygen atoms in total. The number of likely N-dealkylation sites (tertiary alicyclic amines) is 1. The molecule has 3 aliphatic heterocycles. The minimum absolute atomic E-state index is 0.113. The zero-order chi connectivity index (χ0) is 27.1. The normalized spacial score (nSPS) is 18.0. The number of piperidine rings is 1. The number of aliphatic carboxylic acids is 1. The van der Waals surface area contributed by atoms with Gasteiger partial charge in [0.1, 0.15) is 0 Å². The summed E-state index contributed by atoms with van der Waals surface area (Å²) in [7, 11) is 0. The standard InChI is InChI=1S/C30H29ClN4O4/c31-25-15-21(8-5-19-3-6-20(7-4-19)16-33-12-9-22(36)10-13-33)14-23-24(25)17-35(29(23)37)28(30(38)39)27-26-2-1-11-34(26)18-32-27/h3-4,6-7,14-15,18,22,28,36H,1-2,9-13,16-17H2,(H,38,39). The number of hydrogen-bond acceptors (Lipinski definition) is 5. The fourth-order valence-electron chi connectivity index (χ4n) is 5.77. The molecule has 3 aliphatic rings. The number of carboxylic acids is 1. The van der Waals surface area contributed by atoms with Gasteiger partial charge in [-0.25, -0.2) is 9.78 Å². The van der Waals surface area contributed by atoms with E-state index in [1.54, 1.807) is 18.5 Å². The molecule has 2 aromatic carbocycles. The maximum absolute atomic E-state index is 13.4. The molecule has 6 rings (SSSR count). The molecule has 1 amide bonds. The second-order valence-corrected chi connectivity index (χ2v) is 10.9. The Bertz CT molecular complexity index is 1500. The van der Waals surface area contributed by atoms with Gasteiger partial charge in [-0.15, -0.1) is 0 Å². The molecule has 200 valence electrons. The van der Waals surface area contributed by atoms with E-state index in [0.717, 1.165) is 63.1 Å². The SMILES string of the molecule is O=C(O)C(c1ncn2c1CCC2)N1Cc2c(Cl)cc(C#Cc3ccc(CN4CCC(O)CC4)cc3)cc2C1=O. The molecule has 1 atom stereocenters. The Morgan fingerprint density at radius 1 is 1.10 bits per heavy atom. The summed E-state index contributed by atoms with van der Waals surface area (Å²) >= 11 is 6.58. The van der Waals surface area contributed by atoms with Gasteiger partial charge < -0.3 is 19.7 Å². The highest BCUT2D eigenvalue weighted by molar-refractivity contribution is 6.32. The molecular formula is C30H29ClN4O4. The summed E-state index contributed by atoms with van der Waals surface area (Å²) in [5, 5.41) is 20.2. The van der Waals surface area contributed by atoms with E-state index >= 15 is 0 Å². The number of aliphatic hydroxyl groups excluding tert-OH is 1. The molecule has 1 saturated heterocycles. The van der Waals surface area contributed by atoms with Crippen molar-refractivity contribution in [2.45, 2.75) is 57.5 Å². The molecule has 39 heavy (non-hydrogen) atoms. The molecule has 1 unspecified atom stereocenters. The highest BCUT2D eigenvalue weighted by Gasteiger charge is 2.41. The first-order valence-electron chi connectivity index (χ1n) is 13.3. The minimum Gasteiger partial charge on any atom is -0.479 e. The van der Waals surface area contributed by atoms with E-state index in [4.69, 9.17) is 11.6 Å².